The number of phenolic OH excluding ortho intramolecular Hbond substituents is 1. The predicted octanol–water partition coefficient (Wildman–Crippen LogP) is 20.2. The van der Waals surface area contributed by atoms with Gasteiger partial charge in [-0.1, -0.05) is 42.8 Å². The fraction of sp³-hybridized carbons (Fsp3) is 0.274. The molecule has 7 aromatic carbocycles. The van der Waals surface area contributed by atoms with Gasteiger partial charge in [-0.05, 0) is 160 Å². The van der Waals surface area contributed by atoms with Crippen LogP contribution < -0.4 is 45.4 Å². The van der Waals surface area contributed by atoms with Crippen molar-refractivity contribution in [2.75, 3.05) is 74.1 Å². The molecule has 44 heteroatoms. The molecule has 139 heavy (non-hydrogen) atoms. The zero-order valence-electron chi connectivity index (χ0n) is 78.2. The van der Waals surface area contributed by atoms with E-state index in [4.69, 9.17) is 88.4 Å². The number of carbonyl (C=O) groups is 9. The number of H-pyrrole nitrogens is 3. The molecule has 0 saturated heterocycles. The number of anilines is 2. The highest BCUT2D eigenvalue weighted by molar-refractivity contribution is 7.18. The molecule has 0 atom stereocenters. The van der Waals surface area contributed by atoms with Crippen LogP contribution in [0.3, 0.4) is 0 Å². The number of aromatic hydroxyl groups is 1. The lowest BCUT2D eigenvalue weighted by Crippen LogP contribution is -2.23. The number of hydrogen-bond acceptors (Lipinski definition) is 23. The van der Waals surface area contributed by atoms with Gasteiger partial charge < -0.3 is 94.6 Å². The van der Waals surface area contributed by atoms with Crippen LogP contribution in [-0.4, -0.2) is 179 Å². The minimum Gasteiger partial charge on any atom is -0.505 e. The first-order valence-electron chi connectivity index (χ1n) is 41.0. The van der Waals surface area contributed by atoms with E-state index in [1.54, 1.807) is 90.3 Å². The Morgan fingerprint density at radius 3 is 1.21 bits per heavy atom. The number of hydrogen-bond donors (Lipinski definition) is 12. The molecule has 0 fully saturated rings. The summed E-state index contributed by atoms with van der Waals surface area (Å²) in [7, 11) is 8.69. The molecule has 0 spiro atoms. The van der Waals surface area contributed by atoms with E-state index in [9.17, 15) is 79.3 Å². The van der Waals surface area contributed by atoms with Crippen molar-refractivity contribution in [2.45, 2.75) is 113 Å². The van der Waals surface area contributed by atoms with Crippen LogP contribution in [-0.2, 0) is 75.1 Å². The largest absolute Gasteiger partial charge is 0.505 e. The lowest BCUT2D eigenvalue weighted by Gasteiger charge is -2.15. The van der Waals surface area contributed by atoms with E-state index in [-0.39, 0.29) is 102 Å². The molecule has 31 nitrogen and oxygen atoms in total. The molecule has 0 radical (unpaired) electrons. The summed E-state index contributed by atoms with van der Waals surface area (Å²) < 4.78 is 137. The van der Waals surface area contributed by atoms with E-state index >= 15 is 0 Å². The van der Waals surface area contributed by atoms with Crippen LogP contribution in [0.5, 0.6) is 40.2 Å². The third-order valence-corrected chi connectivity index (χ3v) is 24.2. The maximum absolute atomic E-state index is 14.2. The lowest BCUT2D eigenvalue weighted by molar-refractivity contribution is -0.142. The Kier molecular flexibility index (Phi) is 44.3. The van der Waals surface area contributed by atoms with Gasteiger partial charge in [-0.2, -0.15) is 0 Å². The van der Waals surface area contributed by atoms with E-state index in [1.165, 1.54) is 112 Å². The lowest BCUT2D eigenvalue weighted by atomic mass is 10.1. The van der Waals surface area contributed by atoms with Crippen LogP contribution in [0.1, 0.15) is 95.9 Å². The van der Waals surface area contributed by atoms with Gasteiger partial charge in [-0.25, -0.2) is 30.7 Å². The zero-order chi connectivity index (χ0) is 103. The maximum Gasteiger partial charge on any atom is 0.310 e. The van der Waals surface area contributed by atoms with Crippen LogP contribution >= 0.6 is 58.3 Å². The van der Waals surface area contributed by atoms with Crippen molar-refractivity contribution < 1.29 is 142 Å². The molecular formula is C95H104Cl3F7N8O23S2Si. The van der Waals surface area contributed by atoms with E-state index in [0.29, 0.717) is 132 Å². The van der Waals surface area contributed by atoms with Gasteiger partial charge in [-0.15, -0.1) is 35.1 Å². The molecule has 0 aliphatic heterocycles. The number of aromatic nitrogens is 5. The maximum atomic E-state index is 14.2. The number of nitrogen functional groups attached to an aromatic ring is 2. The first-order valence-corrected chi connectivity index (χ1v) is 47.1. The number of aryl methyl sites for hydroxylation is 3. The Morgan fingerprint density at radius 1 is 0.446 bits per heavy atom. The van der Waals surface area contributed by atoms with Gasteiger partial charge in [0.25, 0.3) is 17.8 Å². The third-order valence-electron chi connectivity index (χ3n) is 20.1. The highest BCUT2D eigenvalue weighted by Crippen LogP contribution is 2.39. The van der Waals surface area contributed by atoms with Crippen molar-refractivity contribution in [1.29, 1.82) is 0 Å². The Labute approximate surface area is 816 Å². The van der Waals surface area contributed by atoms with Crippen molar-refractivity contribution in [2.24, 2.45) is 5.84 Å². The predicted molar refractivity (Wildman–Crippen MR) is 522 cm³/mol. The second-order valence-corrected chi connectivity index (χ2v) is 40.1. The van der Waals surface area contributed by atoms with Gasteiger partial charge in [0.15, 0.2) is 81.0 Å². The molecule has 0 aliphatic rings. The molecule has 748 valence electrons. The smallest absolute Gasteiger partial charge is 0.310 e. The monoisotopic (exact) mass is 2050 g/mol. The number of carboxylic acids is 5. The fourth-order valence-electron chi connectivity index (χ4n) is 13.5. The average Bonchev–Trinajstić information content (AvgIpc) is 1.60. The number of aromatic amines is 3. The second kappa shape index (κ2) is 53.2. The van der Waals surface area contributed by atoms with Gasteiger partial charge in [0.2, 0.25) is 0 Å². The summed E-state index contributed by atoms with van der Waals surface area (Å²) in [6.07, 6.45) is -0.235. The molecule has 0 amide bonds. The topological polar surface area (TPSA) is 470 Å². The number of ether oxygens (including phenoxy) is 8. The summed E-state index contributed by atoms with van der Waals surface area (Å²) in [6, 6.07) is 29.7. The molecule has 0 unspecified atom stereocenters. The van der Waals surface area contributed by atoms with Crippen molar-refractivity contribution >= 4 is 186 Å². The quantitative estimate of drug-likeness (QED) is 0.00631. The number of esters is 1. The Balaban J connectivity index is 0.000000285. The number of carbonyl (C=O) groups excluding carboxylic acids is 4. The standard InChI is InChI=1S/C17H13ClFNO4S.C17H24FNO3Si.C16H11ClFNO4S.2C12H12FNO3.C7H9FN2O.C7H8FNO.C5H10O2.C2H4O2.ClH/c1-8-9(6-16(21)22)10-5-13(24-2)11(19)7-12(10)20(8)17(23)14-3-4-15(18)25-14;1-11-12(9-17(20)22-6-7-23(3,4)5)13-8-16(21-2)14(18)10-15(13)19-11;1-7-8(5-15(21)22)9-4-12(20)10(18)6-11(9)19(7)16(23)13-2-3-14(17)24-13;1-6-7(4-12(15)16)8-3-11(17-2)9(13)5-10(8)14-6;1-6-7(5-10(15)16)11-8(14-6)3-4-9(17-2)12(11)13;1-11-7-3-2-5(10-9)4-6(7)8;1-10-7-3-2-5(9)4-6(7)8;1-5(6)3-4-7-2;1-2(3)4;/h3-5,7H,6H2,1-2H3,(H,21,22);8,10,19H,6-7,9H2,1-5H3;2-4,6,20H,5H2,1H3,(H,21,22);3,5,14H,4H2,1-2H3,(H,15,16);3-4,14H,5H2,1-2H3,(H,15,16);2-4,10H,9H2,1H3;2-4H,9H2,1H3;3-4H2,1-2H3;1H3,(H,3,4);1H. The Bertz CT molecular complexity index is 6760. The van der Waals surface area contributed by atoms with E-state index in [1.807, 2.05) is 6.92 Å². The number of benzene rings is 7. The summed E-state index contributed by atoms with van der Waals surface area (Å²) in [4.78, 5) is 110. The van der Waals surface area contributed by atoms with Crippen LogP contribution in [0, 0.1) is 75.3 Å². The van der Waals surface area contributed by atoms with E-state index in [2.05, 4.69) is 49.5 Å². The number of nitrogens with two attached hydrogens (primary N) is 2. The van der Waals surface area contributed by atoms with Crippen LogP contribution in [0.15, 0.2) is 121 Å². The number of fused-ring (bicyclic) bond motifs is 5. The second-order valence-electron chi connectivity index (χ2n) is 31.0. The molecule has 0 bridgehead atoms. The summed E-state index contributed by atoms with van der Waals surface area (Å²) in [6.45, 7) is 19.0. The molecule has 7 aromatic heterocycles. The normalized spacial score (nSPS) is 10.5. The first-order chi connectivity index (χ1) is 64.9. The molecule has 0 saturated carbocycles. The Morgan fingerprint density at radius 2 is 0.820 bits per heavy atom. The van der Waals surface area contributed by atoms with Gasteiger partial charge in [0.05, 0.1) is 123 Å². The molecule has 14 N–H and O–H groups in total. The molecular weight excluding hydrogens is 1950 g/mol. The number of thiophene rings is 2. The minimum atomic E-state index is -1.22. The van der Waals surface area contributed by atoms with Gasteiger partial charge >= 0.3 is 29.8 Å². The number of nitrogens with zero attached hydrogens (tertiary/aromatic N) is 2. The number of nitrogens with one attached hydrogen (secondary N) is 4. The summed E-state index contributed by atoms with van der Waals surface area (Å²) in [5.41, 5.74) is 16.6. The van der Waals surface area contributed by atoms with Crippen LogP contribution in [0.25, 0.3) is 54.5 Å². The van der Waals surface area contributed by atoms with Gasteiger partial charge in [0.1, 0.15) is 5.78 Å². The van der Waals surface area contributed by atoms with Crippen molar-refractivity contribution in [1.82, 2.24) is 24.1 Å². The van der Waals surface area contributed by atoms with E-state index < -0.39 is 90.3 Å². The highest BCUT2D eigenvalue weighted by atomic mass is 35.5. The molecule has 0 aliphatic carbocycles. The van der Waals surface area contributed by atoms with Crippen molar-refractivity contribution in [3.8, 4) is 40.2 Å². The zero-order valence-corrected chi connectivity index (χ0v) is 83.2. The van der Waals surface area contributed by atoms with Gasteiger partial charge in [0, 0.05) is 143 Å². The minimum absolute atomic E-state index is 0. The summed E-state index contributed by atoms with van der Waals surface area (Å²) in [5.74, 6) is -4.29. The molecule has 14 rings (SSSR count). The number of rotatable bonds is 25. The number of Topliss-reactive ketones (excluding diaryl/α,β-unsaturated/α-hetero) is 1. The number of ketones is 1. The van der Waals surface area contributed by atoms with Crippen LogP contribution in [0.4, 0.5) is 42.1 Å². The SMILES string of the molecule is CC(=O)O.COCCC(C)=O.COc1cc2c(CC(=O)O)c(C)[nH]c2cc1F.COc1cc2c(CC(=O)O)c(C)n(C(=O)c3ccc(Cl)s3)c2cc1F.COc1cc2c(CC(=O)OCC[Si](C)(C)C)c(C)[nH]c2cc1F.COc1ccc(N)cc1F.COc1ccc(NN)cc1F.COc1ccc2[nH]c(C)c(CC(=O)O)c2c1F.Cc1c(CC(=O)O)c2cc(O)c(F)cc2n1C(=O)c1ccc(Cl)s1.Cl. The van der Waals surface area contributed by atoms with Crippen molar-refractivity contribution in [3.63, 3.8) is 0 Å². The number of phenols is 1. The molecule has 14 aromatic rings. The van der Waals surface area contributed by atoms with Gasteiger partial charge in [-0.3, -0.25) is 58.1 Å². The third kappa shape index (κ3) is 32.1. The highest BCUT2D eigenvalue weighted by Gasteiger charge is 2.28. The molecule has 7 heterocycles. The number of methoxy groups -OCH3 is 7. The number of halogens is 10. The first kappa shape index (κ1) is 116. The van der Waals surface area contributed by atoms with Crippen molar-refractivity contribution in [3.05, 3.63) is 237 Å². The number of carboxylic acid groups (broad SMARTS) is 5. The van der Waals surface area contributed by atoms with Crippen LogP contribution in [0.2, 0.25) is 34.4 Å². The number of aliphatic carboxylic acids is 5. The summed E-state index contributed by atoms with van der Waals surface area (Å²) in [5, 5.41) is 55.5. The fourth-order valence-corrected chi connectivity index (χ4v) is 16.1. The average molecular weight is 2060 g/mol. The summed E-state index contributed by atoms with van der Waals surface area (Å²) >= 11 is 13.9. The number of hydrazine groups is 1. The van der Waals surface area contributed by atoms with E-state index in [0.717, 1.165) is 70.1 Å². The Hall–Kier alpha value is -13.8.